The van der Waals surface area contributed by atoms with Crippen LogP contribution in [0.4, 0.5) is 5.69 Å². The molecule has 1 aromatic carbocycles. The first-order valence-electron chi connectivity index (χ1n) is 6.53. The van der Waals surface area contributed by atoms with Gasteiger partial charge in [0.1, 0.15) is 0 Å². The van der Waals surface area contributed by atoms with Crippen molar-refractivity contribution in [3.63, 3.8) is 0 Å². The summed E-state index contributed by atoms with van der Waals surface area (Å²) in [6.07, 6.45) is 7.76. The maximum atomic E-state index is 4.39. The number of benzene rings is 1. The minimum Gasteiger partial charge on any atom is -0.378 e. The second-order valence-corrected chi connectivity index (χ2v) is 4.70. The summed E-state index contributed by atoms with van der Waals surface area (Å²) in [5.74, 6) is 0.746. The van der Waals surface area contributed by atoms with Gasteiger partial charge < -0.3 is 9.88 Å². The zero-order chi connectivity index (χ0) is 13.8. The summed E-state index contributed by atoms with van der Waals surface area (Å²) in [5, 5.41) is 3.31. The first kappa shape index (κ1) is 12.4. The molecule has 100 valence electrons. The van der Waals surface area contributed by atoms with Gasteiger partial charge in [0.25, 0.3) is 0 Å². The summed E-state index contributed by atoms with van der Waals surface area (Å²) in [6, 6.07) is 12.1. The first-order chi connectivity index (χ1) is 9.81. The Balaban J connectivity index is 1.67. The average molecular weight is 264 g/mol. The zero-order valence-electron chi connectivity index (χ0n) is 11.3. The SMILES string of the molecule is Cn1ccc(CNc2cnc(-c3ccccc3)nc2)c1. The van der Waals surface area contributed by atoms with Crippen LogP contribution >= 0.6 is 0 Å². The Kier molecular flexibility index (Phi) is 3.46. The van der Waals surface area contributed by atoms with Crippen LogP contribution in [0, 0.1) is 0 Å². The second kappa shape index (κ2) is 5.57. The smallest absolute Gasteiger partial charge is 0.159 e. The van der Waals surface area contributed by atoms with Gasteiger partial charge in [-0.1, -0.05) is 30.3 Å². The molecule has 2 aromatic heterocycles. The molecule has 0 unspecified atom stereocenters. The van der Waals surface area contributed by atoms with E-state index >= 15 is 0 Å². The highest BCUT2D eigenvalue weighted by atomic mass is 15.0. The monoisotopic (exact) mass is 264 g/mol. The molecule has 0 amide bonds. The Morgan fingerprint density at radius 3 is 2.45 bits per heavy atom. The number of aromatic nitrogens is 3. The molecule has 0 aliphatic rings. The lowest BCUT2D eigenvalue weighted by molar-refractivity contribution is 0.920. The van der Waals surface area contributed by atoms with Gasteiger partial charge in [-0.05, 0) is 11.6 Å². The van der Waals surface area contributed by atoms with Gasteiger partial charge in [0.15, 0.2) is 5.82 Å². The second-order valence-electron chi connectivity index (χ2n) is 4.70. The van der Waals surface area contributed by atoms with Crippen LogP contribution in [-0.2, 0) is 13.6 Å². The third-order valence-electron chi connectivity index (χ3n) is 3.07. The van der Waals surface area contributed by atoms with E-state index in [0.717, 1.165) is 23.6 Å². The summed E-state index contributed by atoms with van der Waals surface area (Å²) in [6.45, 7) is 0.773. The maximum Gasteiger partial charge on any atom is 0.159 e. The van der Waals surface area contributed by atoms with Crippen molar-refractivity contribution in [1.29, 1.82) is 0 Å². The van der Waals surface area contributed by atoms with Crippen LogP contribution in [0.1, 0.15) is 5.56 Å². The average Bonchev–Trinajstić information content (AvgIpc) is 2.92. The molecule has 0 radical (unpaired) electrons. The maximum absolute atomic E-state index is 4.39. The summed E-state index contributed by atoms with van der Waals surface area (Å²) >= 11 is 0. The number of hydrogen-bond acceptors (Lipinski definition) is 3. The van der Waals surface area contributed by atoms with Gasteiger partial charge in [0, 0.05) is 31.5 Å². The third kappa shape index (κ3) is 2.85. The van der Waals surface area contributed by atoms with Gasteiger partial charge in [0.05, 0.1) is 18.1 Å². The molecule has 3 rings (SSSR count). The van der Waals surface area contributed by atoms with E-state index in [4.69, 9.17) is 0 Å². The van der Waals surface area contributed by atoms with Crippen molar-refractivity contribution >= 4 is 5.69 Å². The van der Waals surface area contributed by atoms with Gasteiger partial charge in [-0.15, -0.1) is 0 Å². The topological polar surface area (TPSA) is 42.7 Å². The van der Waals surface area contributed by atoms with Crippen LogP contribution in [0.2, 0.25) is 0 Å². The molecule has 1 N–H and O–H groups in total. The summed E-state index contributed by atoms with van der Waals surface area (Å²) < 4.78 is 2.03. The van der Waals surface area contributed by atoms with E-state index in [2.05, 4.69) is 27.5 Å². The van der Waals surface area contributed by atoms with Crippen molar-refractivity contribution in [1.82, 2.24) is 14.5 Å². The van der Waals surface area contributed by atoms with E-state index in [1.165, 1.54) is 5.56 Å². The van der Waals surface area contributed by atoms with E-state index in [9.17, 15) is 0 Å². The third-order valence-corrected chi connectivity index (χ3v) is 3.07. The van der Waals surface area contributed by atoms with Gasteiger partial charge >= 0.3 is 0 Å². The number of rotatable bonds is 4. The molecule has 0 fully saturated rings. The van der Waals surface area contributed by atoms with E-state index in [1.54, 1.807) is 0 Å². The number of hydrogen-bond donors (Lipinski definition) is 1. The Bertz CT molecular complexity index is 671. The number of nitrogens with one attached hydrogen (secondary N) is 1. The Hall–Kier alpha value is -2.62. The lowest BCUT2D eigenvalue weighted by Gasteiger charge is -2.05. The Morgan fingerprint density at radius 1 is 1.05 bits per heavy atom. The minimum atomic E-state index is 0.746. The molecule has 0 bridgehead atoms. The highest BCUT2D eigenvalue weighted by Crippen LogP contribution is 2.15. The summed E-state index contributed by atoms with van der Waals surface area (Å²) in [5.41, 5.74) is 3.19. The summed E-state index contributed by atoms with van der Waals surface area (Å²) in [7, 11) is 2.02. The molecule has 4 heteroatoms. The Labute approximate surface area is 118 Å². The van der Waals surface area contributed by atoms with Crippen LogP contribution in [0.5, 0.6) is 0 Å². The van der Waals surface area contributed by atoms with Crippen molar-refractivity contribution < 1.29 is 0 Å². The zero-order valence-corrected chi connectivity index (χ0v) is 11.3. The van der Waals surface area contributed by atoms with Crippen molar-refractivity contribution in [2.24, 2.45) is 7.05 Å². The molecular formula is C16H16N4. The van der Waals surface area contributed by atoms with E-state index < -0.39 is 0 Å². The van der Waals surface area contributed by atoms with E-state index in [-0.39, 0.29) is 0 Å². The number of anilines is 1. The molecule has 0 aliphatic carbocycles. The van der Waals surface area contributed by atoms with Crippen molar-refractivity contribution in [2.45, 2.75) is 6.54 Å². The quantitative estimate of drug-likeness (QED) is 0.787. The highest BCUT2D eigenvalue weighted by Gasteiger charge is 2.01. The molecule has 2 heterocycles. The van der Waals surface area contributed by atoms with Crippen molar-refractivity contribution in [3.8, 4) is 11.4 Å². The lowest BCUT2D eigenvalue weighted by Crippen LogP contribution is -2.00. The fourth-order valence-corrected chi connectivity index (χ4v) is 2.03. The molecule has 0 aliphatic heterocycles. The fraction of sp³-hybridized carbons (Fsp3) is 0.125. The van der Waals surface area contributed by atoms with Gasteiger partial charge in [-0.3, -0.25) is 0 Å². The fourth-order valence-electron chi connectivity index (χ4n) is 2.03. The molecule has 0 atom stereocenters. The van der Waals surface area contributed by atoms with E-state index in [0.29, 0.717) is 0 Å². The molecule has 0 saturated carbocycles. The van der Waals surface area contributed by atoms with Gasteiger partial charge in [-0.2, -0.15) is 0 Å². The van der Waals surface area contributed by atoms with Crippen molar-refractivity contribution in [2.75, 3.05) is 5.32 Å². The van der Waals surface area contributed by atoms with Crippen molar-refractivity contribution in [3.05, 3.63) is 66.7 Å². The molecule has 4 nitrogen and oxygen atoms in total. The Morgan fingerprint density at radius 2 is 1.80 bits per heavy atom. The van der Waals surface area contributed by atoms with Crippen LogP contribution in [0.25, 0.3) is 11.4 Å². The van der Waals surface area contributed by atoms with Crippen LogP contribution < -0.4 is 5.32 Å². The van der Waals surface area contributed by atoms with Gasteiger partial charge in [0.2, 0.25) is 0 Å². The van der Waals surface area contributed by atoms with Gasteiger partial charge in [-0.25, -0.2) is 9.97 Å². The molecule has 0 spiro atoms. The number of aryl methyl sites for hydroxylation is 1. The lowest BCUT2D eigenvalue weighted by atomic mass is 10.2. The molecule has 20 heavy (non-hydrogen) atoms. The largest absolute Gasteiger partial charge is 0.378 e. The normalized spacial score (nSPS) is 10.4. The minimum absolute atomic E-state index is 0.746. The predicted octanol–water partition coefficient (Wildman–Crippen LogP) is 3.09. The standard InChI is InChI=1S/C16H16N4/c1-20-8-7-13(12-20)9-17-15-10-18-16(19-11-15)14-5-3-2-4-6-14/h2-8,10-12,17H,9H2,1H3. The van der Waals surface area contributed by atoms with Crippen LogP contribution in [0.15, 0.2) is 61.2 Å². The molecular weight excluding hydrogens is 248 g/mol. The predicted molar refractivity (Wildman–Crippen MR) is 80.2 cm³/mol. The van der Waals surface area contributed by atoms with E-state index in [1.807, 2.05) is 60.5 Å². The van der Waals surface area contributed by atoms with Crippen LogP contribution in [-0.4, -0.2) is 14.5 Å². The molecule has 0 saturated heterocycles. The van der Waals surface area contributed by atoms with Crippen LogP contribution in [0.3, 0.4) is 0 Å². The molecule has 3 aromatic rings. The highest BCUT2D eigenvalue weighted by molar-refractivity contribution is 5.55. The number of nitrogens with zero attached hydrogens (tertiary/aromatic N) is 3. The first-order valence-corrected chi connectivity index (χ1v) is 6.53. The summed E-state index contributed by atoms with van der Waals surface area (Å²) in [4.78, 5) is 8.78.